The number of carboxylic acids is 1. The number of urea groups is 1. The van der Waals surface area contributed by atoms with Crippen LogP contribution in [0.4, 0.5) is 10.5 Å². The lowest BCUT2D eigenvalue weighted by Gasteiger charge is -2.11. The molecule has 1 aromatic carbocycles. The molecule has 2 amide bonds. The number of amides is 2. The van der Waals surface area contributed by atoms with Gasteiger partial charge in [-0.2, -0.15) is 0 Å². The summed E-state index contributed by atoms with van der Waals surface area (Å²) in [5.41, 5.74) is 1.66. The van der Waals surface area contributed by atoms with Gasteiger partial charge in [0.05, 0.1) is 7.11 Å². The Morgan fingerprint density at radius 1 is 1.24 bits per heavy atom. The van der Waals surface area contributed by atoms with Gasteiger partial charge in [-0.15, -0.1) is 0 Å². The van der Waals surface area contributed by atoms with E-state index in [0.717, 1.165) is 29.8 Å². The number of carbonyl (C=O) groups excluding carboxylic acids is 1. The Morgan fingerprint density at radius 2 is 2.00 bits per heavy atom. The van der Waals surface area contributed by atoms with Crippen molar-refractivity contribution in [1.82, 2.24) is 5.32 Å². The molecule has 0 aromatic heterocycles. The van der Waals surface area contributed by atoms with E-state index in [1.807, 2.05) is 13.0 Å². The molecule has 0 fully saturated rings. The van der Waals surface area contributed by atoms with E-state index < -0.39 is 5.97 Å². The number of aryl methyl sites for hydroxylation is 1. The number of aliphatic carboxylic acids is 1. The van der Waals surface area contributed by atoms with Crippen LogP contribution >= 0.6 is 0 Å². The molecule has 0 spiro atoms. The van der Waals surface area contributed by atoms with Crippen LogP contribution in [0.3, 0.4) is 0 Å². The second kappa shape index (κ2) is 8.84. The molecule has 0 atom stereocenters. The summed E-state index contributed by atoms with van der Waals surface area (Å²) >= 11 is 0. The van der Waals surface area contributed by atoms with E-state index in [0.29, 0.717) is 13.0 Å². The Bertz CT molecular complexity index is 489. The number of ether oxygens (including phenoxy) is 1. The van der Waals surface area contributed by atoms with Crippen molar-refractivity contribution in [3.05, 3.63) is 23.8 Å². The van der Waals surface area contributed by atoms with E-state index >= 15 is 0 Å². The molecule has 3 N–H and O–H groups in total. The molecule has 6 heteroatoms. The van der Waals surface area contributed by atoms with Crippen LogP contribution in [0.5, 0.6) is 5.75 Å². The van der Waals surface area contributed by atoms with Gasteiger partial charge in [0.25, 0.3) is 0 Å². The lowest BCUT2D eigenvalue weighted by atomic mass is 10.2. The van der Waals surface area contributed by atoms with Crippen molar-refractivity contribution >= 4 is 17.7 Å². The maximum Gasteiger partial charge on any atom is 0.319 e. The zero-order valence-electron chi connectivity index (χ0n) is 12.4. The van der Waals surface area contributed by atoms with Gasteiger partial charge in [-0.1, -0.05) is 6.42 Å². The predicted molar refractivity (Wildman–Crippen MR) is 80.9 cm³/mol. The number of rotatable bonds is 8. The number of carboxylic acid groups (broad SMARTS) is 1. The van der Waals surface area contributed by atoms with Crippen molar-refractivity contribution in [1.29, 1.82) is 0 Å². The van der Waals surface area contributed by atoms with Gasteiger partial charge in [0, 0.05) is 18.7 Å². The van der Waals surface area contributed by atoms with Crippen LogP contribution in [0.15, 0.2) is 18.2 Å². The number of carbonyl (C=O) groups is 2. The molecule has 1 aromatic rings. The molecular weight excluding hydrogens is 272 g/mol. The number of anilines is 1. The molecule has 116 valence electrons. The van der Waals surface area contributed by atoms with E-state index in [-0.39, 0.29) is 12.5 Å². The van der Waals surface area contributed by atoms with Crippen LogP contribution in [-0.2, 0) is 4.79 Å². The van der Waals surface area contributed by atoms with E-state index in [9.17, 15) is 9.59 Å². The maximum absolute atomic E-state index is 11.7. The molecule has 0 radical (unpaired) electrons. The Hall–Kier alpha value is -2.24. The molecule has 6 nitrogen and oxygen atoms in total. The van der Waals surface area contributed by atoms with Crippen LogP contribution in [0.25, 0.3) is 0 Å². The van der Waals surface area contributed by atoms with Gasteiger partial charge < -0.3 is 20.5 Å². The third kappa shape index (κ3) is 6.65. The molecular formula is C15H22N2O4. The average molecular weight is 294 g/mol. The van der Waals surface area contributed by atoms with E-state index in [1.165, 1.54) is 0 Å². The summed E-state index contributed by atoms with van der Waals surface area (Å²) in [7, 11) is 1.60. The fourth-order valence-electron chi connectivity index (χ4n) is 1.85. The van der Waals surface area contributed by atoms with E-state index in [4.69, 9.17) is 9.84 Å². The molecule has 1 rings (SSSR count). The molecule has 21 heavy (non-hydrogen) atoms. The van der Waals surface area contributed by atoms with Crippen LogP contribution in [0.1, 0.15) is 31.2 Å². The highest BCUT2D eigenvalue weighted by atomic mass is 16.5. The topological polar surface area (TPSA) is 87.7 Å². The first kappa shape index (κ1) is 16.8. The fourth-order valence-corrected chi connectivity index (χ4v) is 1.85. The van der Waals surface area contributed by atoms with Crippen LogP contribution in [0, 0.1) is 6.92 Å². The van der Waals surface area contributed by atoms with Crippen LogP contribution < -0.4 is 15.4 Å². The van der Waals surface area contributed by atoms with Crippen molar-refractivity contribution in [2.45, 2.75) is 32.6 Å². The lowest BCUT2D eigenvalue weighted by molar-refractivity contribution is -0.137. The second-order valence-corrected chi connectivity index (χ2v) is 4.77. The van der Waals surface area contributed by atoms with Crippen molar-refractivity contribution in [3.63, 3.8) is 0 Å². The smallest absolute Gasteiger partial charge is 0.319 e. The zero-order chi connectivity index (χ0) is 15.7. The molecule has 0 bridgehead atoms. The summed E-state index contributed by atoms with van der Waals surface area (Å²) in [6.07, 6.45) is 2.36. The van der Waals surface area contributed by atoms with Crippen LogP contribution in [0.2, 0.25) is 0 Å². The van der Waals surface area contributed by atoms with E-state index in [1.54, 1.807) is 19.2 Å². The van der Waals surface area contributed by atoms with Gasteiger partial charge in [0.15, 0.2) is 0 Å². The second-order valence-electron chi connectivity index (χ2n) is 4.77. The summed E-state index contributed by atoms with van der Waals surface area (Å²) in [6.45, 7) is 2.42. The highest BCUT2D eigenvalue weighted by Gasteiger charge is 2.05. The highest BCUT2D eigenvalue weighted by molar-refractivity contribution is 5.90. The van der Waals surface area contributed by atoms with Gasteiger partial charge in [-0.3, -0.25) is 4.79 Å². The Morgan fingerprint density at radius 3 is 2.62 bits per heavy atom. The van der Waals surface area contributed by atoms with Crippen LogP contribution in [-0.4, -0.2) is 30.8 Å². The number of unbranched alkanes of at least 4 members (excludes halogenated alkanes) is 2. The highest BCUT2D eigenvalue weighted by Crippen LogP contribution is 2.20. The molecule has 0 aliphatic rings. The average Bonchev–Trinajstić information content (AvgIpc) is 2.44. The van der Waals surface area contributed by atoms with Gasteiger partial charge >= 0.3 is 12.0 Å². The molecule has 0 unspecified atom stereocenters. The Kier molecular flexibility index (Phi) is 7.08. The SMILES string of the molecule is COc1ccc(NC(=O)NCCCCCC(=O)O)c(C)c1. The number of hydrogen-bond donors (Lipinski definition) is 3. The summed E-state index contributed by atoms with van der Waals surface area (Å²) in [6, 6.07) is 5.16. The molecule has 0 heterocycles. The number of hydrogen-bond acceptors (Lipinski definition) is 3. The molecule has 0 saturated heterocycles. The summed E-state index contributed by atoms with van der Waals surface area (Å²) in [4.78, 5) is 22.0. The molecule has 0 saturated carbocycles. The minimum absolute atomic E-state index is 0.178. The Balaban J connectivity index is 2.26. The first-order valence-electron chi connectivity index (χ1n) is 6.94. The van der Waals surface area contributed by atoms with Gasteiger partial charge in [-0.25, -0.2) is 4.79 Å². The number of methoxy groups -OCH3 is 1. The third-order valence-electron chi connectivity index (χ3n) is 3.03. The molecule has 0 aliphatic carbocycles. The monoisotopic (exact) mass is 294 g/mol. The fraction of sp³-hybridized carbons (Fsp3) is 0.467. The van der Waals surface area contributed by atoms with Crippen molar-refractivity contribution < 1.29 is 19.4 Å². The Labute approximate surface area is 124 Å². The van der Waals surface area contributed by atoms with Crippen molar-refractivity contribution in [2.24, 2.45) is 0 Å². The van der Waals surface area contributed by atoms with Gasteiger partial charge in [0.2, 0.25) is 0 Å². The summed E-state index contributed by atoms with van der Waals surface area (Å²) < 4.78 is 5.10. The van der Waals surface area contributed by atoms with Crippen molar-refractivity contribution in [2.75, 3.05) is 19.0 Å². The number of benzene rings is 1. The lowest BCUT2D eigenvalue weighted by Crippen LogP contribution is -2.29. The predicted octanol–water partition coefficient (Wildman–Crippen LogP) is 2.77. The minimum atomic E-state index is -0.782. The van der Waals surface area contributed by atoms with Gasteiger partial charge in [0.1, 0.15) is 5.75 Å². The summed E-state index contributed by atoms with van der Waals surface area (Å²) in [5.74, 6) is -0.0347. The van der Waals surface area contributed by atoms with E-state index in [2.05, 4.69) is 10.6 Å². The van der Waals surface area contributed by atoms with Gasteiger partial charge in [-0.05, 0) is 43.5 Å². The normalized spacial score (nSPS) is 10.0. The summed E-state index contributed by atoms with van der Waals surface area (Å²) in [5, 5.41) is 14.0. The largest absolute Gasteiger partial charge is 0.497 e. The minimum Gasteiger partial charge on any atom is -0.497 e. The molecule has 0 aliphatic heterocycles. The standard InChI is InChI=1S/C15H22N2O4/c1-11-10-12(21-2)7-8-13(11)17-15(20)16-9-5-3-4-6-14(18)19/h7-8,10H,3-6,9H2,1-2H3,(H,18,19)(H2,16,17,20). The first-order valence-corrected chi connectivity index (χ1v) is 6.94. The van der Waals surface area contributed by atoms with Crippen molar-refractivity contribution in [3.8, 4) is 5.75 Å². The quantitative estimate of drug-likeness (QED) is 0.643. The first-order chi connectivity index (χ1) is 10.0. The number of nitrogens with one attached hydrogen (secondary N) is 2. The zero-order valence-corrected chi connectivity index (χ0v) is 12.4. The maximum atomic E-state index is 11.7. The third-order valence-corrected chi connectivity index (χ3v) is 3.03.